The molecular formula is C7H9NO2. The number of hydrogen-bond donors (Lipinski definition) is 0. The fraction of sp³-hybridized carbons (Fsp3) is 0.429. The molecule has 0 N–H and O–H groups in total. The summed E-state index contributed by atoms with van der Waals surface area (Å²) in [6.07, 6.45) is 2.18. The fourth-order valence-corrected chi connectivity index (χ4v) is 0.622. The van der Waals surface area contributed by atoms with E-state index in [0.29, 0.717) is 12.2 Å². The Labute approximate surface area is 59.1 Å². The van der Waals surface area contributed by atoms with Crippen molar-refractivity contribution in [1.29, 1.82) is 0 Å². The summed E-state index contributed by atoms with van der Waals surface area (Å²) in [4.78, 5) is 13.8. The number of rotatable bonds is 2. The van der Waals surface area contributed by atoms with Gasteiger partial charge in [-0.3, -0.25) is 4.79 Å². The molecule has 3 nitrogen and oxygen atoms in total. The van der Waals surface area contributed by atoms with Crippen LogP contribution in [0.15, 0.2) is 10.6 Å². The van der Waals surface area contributed by atoms with E-state index in [9.17, 15) is 4.79 Å². The molecular weight excluding hydrogens is 130 g/mol. The summed E-state index contributed by atoms with van der Waals surface area (Å²) in [5.41, 5.74) is 0. The van der Waals surface area contributed by atoms with Gasteiger partial charge in [0.05, 0.1) is 6.20 Å². The lowest BCUT2D eigenvalue weighted by Crippen LogP contribution is -1.80. The molecule has 0 radical (unpaired) electrons. The Balaban J connectivity index is 2.88. The number of carbonyl (C=O) groups excluding carboxylic acids is 1. The highest BCUT2D eigenvalue weighted by atomic mass is 16.4. The van der Waals surface area contributed by atoms with E-state index in [1.165, 1.54) is 0 Å². The van der Waals surface area contributed by atoms with Gasteiger partial charge in [-0.15, -0.1) is 0 Å². The number of nitrogens with zero attached hydrogens (tertiary/aromatic N) is 1. The van der Waals surface area contributed by atoms with Crippen LogP contribution < -0.4 is 0 Å². The number of aldehydes is 1. The monoisotopic (exact) mass is 139 g/mol. The molecule has 0 aliphatic rings. The van der Waals surface area contributed by atoms with Gasteiger partial charge in [-0.25, -0.2) is 4.98 Å². The lowest BCUT2D eigenvalue weighted by atomic mass is 10.2. The van der Waals surface area contributed by atoms with E-state index in [1.54, 1.807) is 6.20 Å². The molecule has 1 heterocycles. The van der Waals surface area contributed by atoms with Crippen LogP contribution in [0.25, 0.3) is 0 Å². The molecule has 10 heavy (non-hydrogen) atoms. The minimum Gasteiger partial charge on any atom is -0.439 e. The molecule has 1 aromatic rings. The van der Waals surface area contributed by atoms with Crippen LogP contribution in [0.5, 0.6) is 0 Å². The summed E-state index contributed by atoms with van der Waals surface area (Å²) in [6, 6.07) is 0. The lowest BCUT2D eigenvalue weighted by molar-refractivity contribution is 0.109. The molecule has 54 valence electrons. The zero-order valence-electron chi connectivity index (χ0n) is 6.00. The van der Waals surface area contributed by atoms with Crippen LogP contribution in [-0.2, 0) is 0 Å². The molecule has 1 aromatic heterocycles. The molecule has 0 saturated heterocycles. The smallest absolute Gasteiger partial charge is 0.259 e. The quantitative estimate of drug-likeness (QED) is 0.584. The number of aromatic nitrogens is 1. The van der Waals surface area contributed by atoms with E-state index < -0.39 is 0 Å². The molecule has 0 atom stereocenters. The van der Waals surface area contributed by atoms with E-state index >= 15 is 0 Å². The maximum absolute atomic E-state index is 10.1. The second-order valence-corrected chi connectivity index (χ2v) is 2.37. The Bertz CT molecular complexity index is 227. The Kier molecular flexibility index (Phi) is 1.85. The first kappa shape index (κ1) is 6.99. The van der Waals surface area contributed by atoms with Crippen molar-refractivity contribution in [2.24, 2.45) is 0 Å². The largest absolute Gasteiger partial charge is 0.439 e. The van der Waals surface area contributed by atoms with Crippen LogP contribution in [-0.4, -0.2) is 11.3 Å². The molecule has 0 aliphatic carbocycles. The highest BCUT2D eigenvalue weighted by Gasteiger charge is 2.04. The Hall–Kier alpha value is -1.12. The molecule has 0 bridgehead atoms. The predicted molar refractivity (Wildman–Crippen MR) is 36.0 cm³/mol. The SMILES string of the molecule is CC(C)c1cnc(C=O)o1. The first-order valence-corrected chi connectivity index (χ1v) is 3.15. The third-order valence-electron chi connectivity index (χ3n) is 1.21. The van der Waals surface area contributed by atoms with E-state index in [2.05, 4.69) is 4.98 Å². The van der Waals surface area contributed by atoms with Gasteiger partial charge in [0.25, 0.3) is 5.89 Å². The number of hydrogen-bond acceptors (Lipinski definition) is 3. The second kappa shape index (κ2) is 2.64. The van der Waals surface area contributed by atoms with E-state index in [0.717, 1.165) is 5.76 Å². The van der Waals surface area contributed by atoms with Crippen LogP contribution in [0.1, 0.15) is 36.2 Å². The van der Waals surface area contributed by atoms with Crippen molar-refractivity contribution in [3.63, 3.8) is 0 Å². The topological polar surface area (TPSA) is 43.1 Å². The minimum absolute atomic E-state index is 0.156. The highest BCUT2D eigenvalue weighted by molar-refractivity contribution is 5.67. The highest BCUT2D eigenvalue weighted by Crippen LogP contribution is 2.13. The van der Waals surface area contributed by atoms with Gasteiger partial charge in [0.1, 0.15) is 5.76 Å². The Morgan fingerprint density at radius 1 is 1.70 bits per heavy atom. The summed E-state index contributed by atoms with van der Waals surface area (Å²) < 4.78 is 5.02. The van der Waals surface area contributed by atoms with Gasteiger partial charge in [0, 0.05) is 5.92 Å². The van der Waals surface area contributed by atoms with Gasteiger partial charge in [0.2, 0.25) is 6.29 Å². The van der Waals surface area contributed by atoms with Crippen LogP contribution in [0.3, 0.4) is 0 Å². The lowest BCUT2D eigenvalue weighted by Gasteiger charge is -1.94. The number of carbonyl (C=O) groups is 1. The van der Waals surface area contributed by atoms with Gasteiger partial charge in [-0.1, -0.05) is 13.8 Å². The standard InChI is InChI=1S/C7H9NO2/c1-5(2)6-3-8-7(4-9)10-6/h3-5H,1-2H3. The number of oxazole rings is 1. The van der Waals surface area contributed by atoms with E-state index in [-0.39, 0.29) is 5.89 Å². The van der Waals surface area contributed by atoms with Crippen molar-refractivity contribution in [1.82, 2.24) is 4.98 Å². The Morgan fingerprint density at radius 3 is 2.70 bits per heavy atom. The molecule has 3 heteroatoms. The van der Waals surface area contributed by atoms with Crippen molar-refractivity contribution < 1.29 is 9.21 Å². The first-order valence-electron chi connectivity index (χ1n) is 3.15. The van der Waals surface area contributed by atoms with Crippen molar-refractivity contribution >= 4 is 6.29 Å². The maximum Gasteiger partial charge on any atom is 0.259 e. The van der Waals surface area contributed by atoms with Gasteiger partial charge in [0.15, 0.2) is 0 Å². The van der Waals surface area contributed by atoms with Crippen molar-refractivity contribution in [2.75, 3.05) is 0 Å². The average molecular weight is 139 g/mol. The molecule has 0 amide bonds. The van der Waals surface area contributed by atoms with E-state index in [1.807, 2.05) is 13.8 Å². The fourth-order valence-electron chi connectivity index (χ4n) is 0.622. The summed E-state index contributed by atoms with van der Waals surface area (Å²) in [5, 5.41) is 0. The van der Waals surface area contributed by atoms with Crippen LogP contribution in [0.2, 0.25) is 0 Å². The summed E-state index contributed by atoms with van der Waals surface area (Å²) in [6.45, 7) is 3.96. The van der Waals surface area contributed by atoms with Crippen LogP contribution >= 0.6 is 0 Å². The van der Waals surface area contributed by atoms with Gasteiger partial charge in [-0.2, -0.15) is 0 Å². The molecule has 0 aliphatic heterocycles. The maximum atomic E-state index is 10.1. The van der Waals surface area contributed by atoms with Gasteiger partial charge < -0.3 is 4.42 Å². The van der Waals surface area contributed by atoms with Crippen LogP contribution in [0, 0.1) is 0 Å². The molecule has 0 aromatic carbocycles. The minimum atomic E-state index is 0.156. The second-order valence-electron chi connectivity index (χ2n) is 2.37. The van der Waals surface area contributed by atoms with Crippen molar-refractivity contribution in [3.05, 3.63) is 17.8 Å². The molecule has 0 unspecified atom stereocenters. The third kappa shape index (κ3) is 1.23. The molecule has 0 spiro atoms. The van der Waals surface area contributed by atoms with Gasteiger partial charge >= 0.3 is 0 Å². The zero-order valence-corrected chi connectivity index (χ0v) is 6.00. The third-order valence-corrected chi connectivity index (χ3v) is 1.21. The van der Waals surface area contributed by atoms with E-state index in [4.69, 9.17) is 4.42 Å². The summed E-state index contributed by atoms with van der Waals surface area (Å²) >= 11 is 0. The summed E-state index contributed by atoms with van der Waals surface area (Å²) in [7, 11) is 0. The zero-order chi connectivity index (χ0) is 7.56. The van der Waals surface area contributed by atoms with Crippen LogP contribution in [0.4, 0.5) is 0 Å². The molecule has 1 rings (SSSR count). The molecule has 0 fully saturated rings. The summed E-state index contributed by atoms with van der Waals surface area (Å²) in [5.74, 6) is 1.20. The van der Waals surface area contributed by atoms with Crippen molar-refractivity contribution in [2.45, 2.75) is 19.8 Å². The molecule has 0 saturated carbocycles. The van der Waals surface area contributed by atoms with Gasteiger partial charge in [-0.05, 0) is 0 Å². The first-order chi connectivity index (χ1) is 4.74. The normalized spacial score (nSPS) is 10.3. The van der Waals surface area contributed by atoms with Crippen molar-refractivity contribution in [3.8, 4) is 0 Å². The average Bonchev–Trinajstić information content (AvgIpc) is 2.34. The Morgan fingerprint density at radius 2 is 2.40 bits per heavy atom. The predicted octanol–water partition coefficient (Wildman–Crippen LogP) is 1.61.